The van der Waals surface area contributed by atoms with Gasteiger partial charge in [0.25, 0.3) is 0 Å². The largest absolute Gasteiger partial charge is 0.356 e. The van der Waals surface area contributed by atoms with E-state index in [1.165, 1.54) is 5.56 Å². The van der Waals surface area contributed by atoms with E-state index < -0.39 is 0 Å². The number of hydrogen-bond donors (Lipinski definition) is 1. The van der Waals surface area contributed by atoms with Gasteiger partial charge in [-0.3, -0.25) is 4.79 Å². The van der Waals surface area contributed by atoms with Gasteiger partial charge in [-0.1, -0.05) is 53.5 Å². The summed E-state index contributed by atoms with van der Waals surface area (Å²) in [6, 6.07) is 8.04. The summed E-state index contributed by atoms with van der Waals surface area (Å²) < 4.78 is 0. The molecule has 3 heteroatoms. The van der Waals surface area contributed by atoms with Crippen molar-refractivity contribution in [2.24, 2.45) is 5.92 Å². The summed E-state index contributed by atoms with van der Waals surface area (Å²) in [6.45, 7) is 5.00. The molecule has 0 aliphatic heterocycles. The number of benzene rings is 1. The van der Waals surface area contributed by atoms with Gasteiger partial charge in [0.05, 0.1) is 6.42 Å². The van der Waals surface area contributed by atoms with Gasteiger partial charge >= 0.3 is 0 Å². The zero-order chi connectivity index (χ0) is 13.4. The first-order chi connectivity index (χ1) is 8.67. The molecule has 100 valence electrons. The number of amides is 1. The molecule has 0 spiro atoms. The highest BCUT2D eigenvalue weighted by Crippen LogP contribution is 2.10. The lowest BCUT2D eigenvalue weighted by atomic mass is 10.0. The molecule has 0 saturated heterocycles. The Bertz CT molecular complexity index is 379. The van der Waals surface area contributed by atoms with Crippen LogP contribution in [0, 0.1) is 12.8 Å². The van der Waals surface area contributed by atoms with E-state index in [0.717, 1.165) is 30.3 Å². The monoisotopic (exact) mass is 311 g/mol. The molecule has 0 aliphatic rings. The predicted octanol–water partition coefficient (Wildman–Crippen LogP) is 3.46. The smallest absolute Gasteiger partial charge is 0.224 e. The van der Waals surface area contributed by atoms with Gasteiger partial charge in [0.15, 0.2) is 0 Å². The number of rotatable bonds is 7. The molecule has 1 unspecified atom stereocenters. The molecule has 1 atom stereocenters. The summed E-state index contributed by atoms with van der Waals surface area (Å²) in [5.41, 5.74) is 2.30. The minimum absolute atomic E-state index is 0.123. The zero-order valence-corrected chi connectivity index (χ0v) is 12.8. The van der Waals surface area contributed by atoms with Gasteiger partial charge in [0.2, 0.25) is 5.91 Å². The van der Waals surface area contributed by atoms with Crippen molar-refractivity contribution in [3.8, 4) is 0 Å². The van der Waals surface area contributed by atoms with Crippen LogP contribution in [0.15, 0.2) is 24.3 Å². The van der Waals surface area contributed by atoms with Gasteiger partial charge in [0, 0.05) is 11.9 Å². The van der Waals surface area contributed by atoms with Crippen molar-refractivity contribution in [2.45, 2.75) is 33.1 Å². The van der Waals surface area contributed by atoms with Crippen LogP contribution in [0.25, 0.3) is 0 Å². The van der Waals surface area contributed by atoms with Crippen molar-refractivity contribution >= 4 is 21.8 Å². The van der Waals surface area contributed by atoms with E-state index in [0.29, 0.717) is 12.3 Å². The Kier molecular flexibility index (Phi) is 7.02. The highest BCUT2D eigenvalue weighted by molar-refractivity contribution is 9.09. The topological polar surface area (TPSA) is 29.1 Å². The Morgan fingerprint density at radius 3 is 2.72 bits per heavy atom. The van der Waals surface area contributed by atoms with Gasteiger partial charge < -0.3 is 5.32 Å². The Morgan fingerprint density at radius 1 is 1.39 bits per heavy atom. The third-order valence-electron chi connectivity index (χ3n) is 3.29. The van der Waals surface area contributed by atoms with E-state index in [2.05, 4.69) is 28.2 Å². The molecular formula is C15H22BrNO. The SMILES string of the molecule is CCC(CCBr)CNC(=O)Cc1ccccc1C. The first kappa shape index (κ1) is 15.2. The highest BCUT2D eigenvalue weighted by Gasteiger charge is 2.09. The molecule has 0 fully saturated rings. The third-order valence-corrected chi connectivity index (χ3v) is 3.75. The zero-order valence-electron chi connectivity index (χ0n) is 11.2. The van der Waals surface area contributed by atoms with Gasteiger partial charge in [0.1, 0.15) is 0 Å². The molecular weight excluding hydrogens is 290 g/mol. The van der Waals surface area contributed by atoms with Crippen LogP contribution in [0.2, 0.25) is 0 Å². The van der Waals surface area contributed by atoms with Crippen molar-refractivity contribution in [3.05, 3.63) is 35.4 Å². The fourth-order valence-electron chi connectivity index (χ4n) is 1.91. The Labute approximate surface area is 118 Å². The minimum Gasteiger partial charge on any atom is -0.356 e. The van der Waals surface area contributed by atoms with E-state index in [4.69, 9.17) is 0 Å². The van der Waals surface area contributed by atoms with Crippen LogP contribution in [0.1, 0.15) is 30.9 Å². The maximum atomic E-state index is 11.9. The molecule has 2 nitrogen and oxygen atoms in total. The van der Waals surface area contributed by atoms with E-state index >= 15 is 0 Å². The van der Waals surface area contributed by atoms with Crippen LogP contribution in [0.3, 0.4) is 0 Å². The van der Waals surface area contributed by atoms with Crippen LogP contribution < -0.4 is 5.32 Å². The fraction of sp³-hybridized carbons (Fsp3) is 0.533. The lowest BCUT2D eigenvalue weighted by Crippen LogP contribution is -2.30. The molecule has 1 aromatic carbocycles. The molecule has 1 amide bonds. The normalized spacial score (nSPS) is 12.2. The van der Waals surface area contributed by atoms with E-state index in [1.807, 2.05) is 31.2 Å². The summed E-state index contributed by atoms with van der Waals surface area (Å²) in [5.74, 6) is 0.697. The molecule has 0 aliphatic carbocycles. The summed E-state index contributed by atoms with van der Waals surface area (Å²) in [6.07, 6.45) is 2.70. The lowest BCUT2D eigenvalue weighted by molar-refractivity contribution is -0.120. The number of aryl methyl sites for hydroxylation is 1. The number of nitrogens with one attached hydrogen (secondary N) is 1. The molecule has 0 radical (unpaired) electrons. The number of halogens is 1. The molecule has 1 aromatic rings. The number of carbonyl (C=O) groups excluding carboxylic acids is 1. The van der Waals surface area contributed by atoms with Gasteiger partial charge in [-0.2, -0.15) is 0 Å². The van der Waals surface area contributed by atoms with Crippen LogP contribution in [-0.4, -0.2) is 17.8 Å². The molecule has 1 rings (SSSR count). The van der Waals surface area contributed by atoms with Crippen LogP contribution in [0.4, 0.5) is 0 Å². The quantitative estimate of drug-likeness (QED) is 0.768. The molecule has 18 heavy (non-hydrogen) atoms. The van der Waals surface area contributed by atoms with Crippen molar-refractivity contribution in [1.82, 2.24) is 5.32 Å². The van der Waals surface area contributed by atoms with Crippen molar-refractivity contribution in [2.75, 3.05) is 11.9 Å². The highest BCUT2D eigenvalue weighted by atomic mass is 79.9. The van der Waals surface area contributed by atoms with E-state index in [9.17, 15) is 4.79 Å². The first-order valence-corrected chi connectivity index (χ1v) is 7.66. The van der Waals surface area contributed by atoms with E-state index in [1.54, 1.807) is 0 Å². The molecule has 0 aromatic heterocycles. The first-order valence-electron chi connectivity index (χ1n) is 6.54. The number of alkyl halides is 1. The maximum Gasteiger partial charge on any atom is 0.224 e. The number of hydrogen-bond acceptors (Lipinski definition) is 1. The number of carbonyl (C=O) groups is 1. The van der Waals surface area contributed by atoms with Gasteiger partial charge in [-0.15, -0.1) is 0 Å². The third kappa shape index (κ3) is 5.21. The summed E-state index contributed by atoms with van der Waals surface area (Å²) in [7, 11) is 0. The van der Waals surface area contributed by atoms with Crippen LogP contribution in [0.5, 0.6) is 0 Å². The van der Waals surface area contributed by atoms with Gasteiger partial charge in [-0.25, -0.2) is 0 Å². The summed E-state index contributed by atoms with van der Waals surface area (Å²) in [5, 5.41) is 4.03. The Morgan fingerprint density at radius 2 is 2.11 bits per heavy atom. The molecule has 1 N–H and O–H groups in total. The summed E-state index contributed by atoms with van der Waals surface area (Å²) >= 11 is 3.45. The maximum absolute atomic E-state index is 11.9. The van der Waals surface area contributed by atoms with Crippen molar-refractivity contribution in [3.63, 3.8) is 0 Å². The fourth-order valence-corrected chi connectivity index (χ4v) is 2.55. The Hall–Kier alpha value is -0.830. The standard InChI is InChI=1S/C15H22BrNO/c1-3-13(8-9-16)11-17-15(18)10-14-7-5-4-6-12(14)2/h4-7,13H,3,8-11H2,1-2H3,(H,17,18). The summed E-state index contributed by atoms with van der Waals surface area (Å²) in [4.78, 5) is 11.9. The van der Waals surface area contributed by atoms with Crippen molar-refractivity contribution in [1.29, 1.82) is 0 Å². The Balaban J connectivity index is 2.40. The van der Waals surface area contributed by atoms with Crippen LogP contribution >= 0.6 is 15.9 Å². The second kappa shape index (κ2) is 8.30. The van der Waals surface area contributed by atoms with E-state index in [-0.39, 0.29) is 5.91 Å². The lowest BCUT2D eigenvalue weighted by Gasteiger charge is -2.14. The van der Waals surface area contributed by atoms with Crippen LogP contribution in [-0.2, 0) is 11.2 Å². The average Bonchev–Trinajstić information content (AvgIpc) is 2.37. The molecule has 0 bridgehead atoms. The minimum atomic E-state index is 0.123. The second-order valence-electron chi connectivity index (χ2n) is 4.66. The average molecular weight is 312 g/mol. The second-order valence-corrected chi connectivity index (χ2v) is 5.45. The molecule has 0 saturated carbocycles. The predicted molar refractivity (Wildman–Crippen MR) is 80.1 cm³/mol. The van der Waals surface area contributed by atoms with Crippen molar-refractivity contribution < 1.29 is 4.79 Å². The van der Waals surface area contributed by atoms with Gasteiger partial charge in [-0.05, 0) is 30.4 Å². The molecule has 0 heterocycles.